The third-order valence-corrected chi connectivity index (χ3v) is 9.42. The molecule has 1 aromatic carbocycles. The first-order chi connectivity index (χ1) is 21.7. The topological polar surface area (TPSA) is 107 Å². The largest absolute Gasteiger partial charge is 0.489 e. The van der Waals surface area contributed by atoms with Gasteiger partial charge in [-0.1, -0.05) is 30.3 Å². The highest BCUT2D eigenvalue weighted by molar-refractivity contribution is 6.35. The first-order valence-electron chi connectivity index (χ1n) is 14.7. The SMILES string of the molecule is C=CC(=O)N1CCN2C(=O)c3c(N4C[C@@H](N5CC(C(F)(F)F)C5)CC4(C)C)nc(-c4ccccc4F)c(Cl)c3OC[C@H]2C1.O=CO. The van der Waals surface area contributed by atoms with Crippen molar-refractivity contribution in [1.82, 2.24) is 19.7 Å². The van der Waals surface area contributed by atoms with Crippen molar-refractivity contribution in [1.29, 1.82) is 0 Å². The molecule has 248 valence electrons. The Morgan fingerprint density at radius 1 is 1.15 bits per heavy atom. The molecule has 0 aliphatic carbocycles. The summed E-state index contributed by atoms with van der Waals surface area (Å²) in [7, 11) is 0. The van der Waals surface area contributed by atoms with Gasteiger partial charge in [0.2, 0.25) is 5.91 Å². The number of anilines is 1. The van der Waals surface area contributed by atoms with E-state index in [0.717, 1.165) is 0 Å². The molecule has 6 rings (SSSR count). The highest BCUT2D eigenvalue weighted by Gasteiger charge is 2.53. The Hall–Kier alpha value is -3.91. The van der Waals surface area contributed by atoms with Gasteiger partial charge in [-0.25, -0.2) is 9.37 Å². The number of fused-ring (bicyclic) bond motifs is 2. The van der Waals surface area contributed by atoms with Gasteiger partial charge in [0.15, 0.2) is 5.75 Å². The van der Waals surface area contributed by atoms with E-state index in [1.165, 1.54) is 18.2 Å². The summed E-state index contributed by atoms with van der Waals surface area (Å²) in [5.41, 5.74) is -0.260. The van der Waals surface area contributed by atoms with Crippen LogP contribution in [0.3, 0.4) is 0 Å². The van der Waals surface area contributed by atoms with Gasteiger partial charge >= 0.3 is 6.18 Å². The summed E-state index contributed by atoms with van der Waals surface area (Å²) in [5.74, 6) is -2.23. The zero-order valence-corrected chi connectivity index (χ0v) is 26.0. The van der Waals surface area contributed by atoms with E-state index in [1.54, 1.807) is 21.9 Å². The van der Waals surface area contributed by atoms with Crippen LogP contribution in [0.25, 0.3) is 11.3 Å². The van der Waals surface area contributed by atoms with Crippen LogP contribution in [0.4, 0.5) is 23.4 Å². The number of pyridine rings is 1. The lowest BCUT2D eigenvalue weighted by Gasteiger charge is -2.43. The number of hydrogen-bond donors (Lipinski definition) is 1. The van der Waals surface area contributed by atoms with Crippen molar-refractivity contribution in [3.05, 3.63) is 53.3 Å². The van der Waals surface area contributed by atoms with Crippen LogP contribution in [0.15, 0.2) is 36.9 Å². The lowest BCUT2D eigenvalue weighted by Crippen LogP contribution is -2.57. The van der Waals surface area contributed by atoms with E-state index >= 15 is 4.39 Å². The zero-order chi connectivity index (χ0) is 33.6. The first-order valence-corrected chi connectivity index (χ1v) is 15.1. The molecule has 1 N–H and O–H groups in total. The number of ether oxygens (including phenoxy) is 1. The van der Waals surface area contributed by atoms with Crippen LogP contribution >= 0.6 is 11.6 Å². The van der Waals surface area contributed by atoms with Crippen LogP contribution in [-0.4, -0.2) is 113 Å². The van der Waals surface area contributed by atoms with Crippen molar-refractivity contribution in [2.24, 2.45) is 5.92 Å². The number of hydrogen-bond acceptors (Lipinski definition) is 7. The summed E-state index contributed by atoms with van der Waals surface area (Å²) in [6, 6.07) is 5.33. The van der Waals surface area contributed by atoms with Gasteiger partial charge in [-0.2, -0.15) is 13.2 Å². The molecule has 3 fully saturated rings. The van der Waals surface area contributed by atoms with Crippen molar-refractivity contribution in [2.75, 3.05) is 50.8 Å². The number of carboxylic acid groups (broad SMARTS) is 1. The number of alkyl halides is 3. The quantitative estimate of drug-likeness (QED) is 0.292. The van der Waals surface area contributed by atoms with Crippen LogP contribution in [-0.2, 0) is 9.59 Å². The molecule has 2 aromatic rings. The van der Waals surface area contributed by atoms with Gasteiger partial charge in [0.25, 0.3) is 12.4 Å². The number of carbonyl (C=O) groups excluding carboxylic acids is 2. The van der Waals surface area contributed by atoms with Crippen LogP contribution in [0.1, 0.15) is 30.6 Å². The standard InChI is InChI=1S/C30H32ClF4N5O3.CH2O2/c1-4-22(41)37-9-10-39-19(14-37)16-43-26-23(28(39)42)27(36-25(24(26)31)20-7-5-6-8-21(20)32)40-15-18(11-29(40,2)3)38-12-17(13-38)30(33,34)35;2-1-3/h4-8,17-19H,1,9-16H2,2-3H3;1H,(H,2,3)/t18-,19+;/m0./s1. The summed E-state index contributed by atoms with van der Waals surface area (Å²) < 4.78 is 61.1. The van der Waals surface area contributed by atoms with E-state index in [1.807, 2.05) is 23.6 Å². The fraction of sp³-hybridized carbons (Fsp3) is 0.484. The van der Waals surface area contributed by atoms with E-state index in [9.17, 15) is 22.8 Å². The fourth-order valence-corrected chi connectivity index (χ4v) is 6.94. The molecule has 2 amide bonds. The minimum absolute atomic E-state index is 0.0135. The number of halogens is 5. The maximum Gasteiger partial charge on any atom is 0.394 e. The van der Waals surface area contributed by atoms with Crippen LogP contribution in [0.2, 0.25) is 5.02 Å². The first kappa shape index (κ1) is 33.5. The van der Waals surface area contributed by atoms with Crippen molar-refractivity contribution in [3.63, 3.8) is 0 Å². The van der Waals surface area contributed by atoms with Crippen molar-refractivity contribution >= 4 is 35.7 Å². The minimum Gasteiger partial charge on any atom is -0.489 e. The van der Waals surface area contributed by atoms with Gasteiger partial charge in [-0.3, -0.25) is 19.3 Å². The van der Waals surface area contributed by atoms with Crippen LogP contribution in [0, 0.1) is 11.7 Å². The second-order valence-electron chi connectivity index (χ2n) is 12.3. The monoisotopic (exact) mass is 667 g/mol. The molecule has 46 heavy (non-hydrogen) atoms. The van der Waals surface area contributed by atoms with E-state index in [2.05, 4.69) is 6.58 Å². The van der Waals surface area contributed by atoms with E-state index < -0.39 is 29.5 Å². The minimum atomic E-state index is -4.24. The molecule has 1 aromatic heterocycles. The number of amides is 2. The molecule has 4 aliphatic heterocycles. The summed E-state index contributed by atoms with van der Waals surface area (Å²) in [4.78, 5) is 46.8. The van der Waals surface area contributed by atoms with E-state index in [4.69, 9.17) is 31.2 Å². The number of benzene rings is 1. The molecular weight excluding hydrogens is 634 g/mol. The third-order valence-electron chi connectivity index (χ3n) is 9.07. The molecule has 0 unspecified atom stereocenters. The van der Waals surface area contributed by atoms with Crippen molar-refractivity contribution in [2.45, 2.75) is 44.1 Å². The number of piperazine rings is 1. The molecule has 5 heterocycles. The number of nitrogens with zero attached hydrogens (tertiary/aromatic N) is 5. The van der Waals surface area contributed by atoms with Crippen molar-refractivity contribution in [3.8, 4) is 17.0 Å². The number of carbonyl (C=O) groups is 3. The maximum absolute atomic E-state index is 15.1. The Kier molecular flexibility index (Phi) is 9.24. The molecular formula is C31H34ClF4N5O5. The second-order valence-corrected chi connectivity index (χ2v) is 12.7. The molecule has 15 heteroatoms. The Morgan fingerprint density at radius 2 is 1.83 bits per heavy atom. The molecule has 0 spiro atoms. The Bertz CT molecular complexity index is 1530. The average Bonchev–Trinajstić information content (AvgIpc) is 3.19. The normalized spacial score (nSPS) is 22.8. The summed E-state index contributed by atoms with van der Waals surface area (Å²) in [5, 5.41) is 6.88. The molecule has 0 saturated carbocycles. The molecule has 0 bridgehead atoms. The average molecular weight is 668 g/mol. The molecule has 4 aliphatic rings. The smallest absolute Gasteiger partial charge is 0.394 e. The van der Waals surface area contributed by atoms with Crippen LogP contribution < -0.4 is 9.64 Å². The summed E-state index contributed by atoms with van der Waals surface area (Å²) in [6.07, 6.45) is -2.48. The third kappa shape index (κ3) is 6.11. The van der Waals surface area contributed by atoms with Gasteiger partial charge in [0.05, 0.1) is 17.7 Å². The van der Waals surface area contributed by atoms with Crippen molar-refractivity contribution < 1.29 is 41.8 Å². The zero-order valence-electron chi connectivity index (χ0n) is 25.3. The van der Waals surface area contributed by atoms with Gasteiger partial charge in [-0.05, 0) is 38.5 Å². The van der Waals surface area contributed by atoms with Gasteiger partial charge < -0.3 is 24.5 Å². The summed E-state index contributed by atoms with van der Waals surface area (Å²) in [6.45, 7) is 8.18. The molecule has 10 nitrogen and oxygen atoms in total. The van der Waals surface area contributed by atoms with E-state index in [0.29, 0.717) is 19.5 Å². The Morgan fingerprint density at radius 3 is 2.46 bits per heavy atom. The molecule has 0 radical (unpaired) electrons. The number of aromatic nitrogens is 1. The second kappa shape index (κ2) is 12.7. The van der Waals surface area contributed by atoms with Gasteiger partial charge in [-0.15, -0.1) is 0 Å². The van der Waals surface area contributed by atoms with Crippen LogP contribution in [0.5, 0.6) is 5.75 Å². The summed E-state index contributed by atoms with van der Waals surface area (Å²) >= 11 is 6.85. The molecule has 3 saturated heterocycles. The maximum atomic E-state index is 15.1. The Balaban J connectivity index is 0.00000134. The number of likely N-dealkylation sites (tertiary alicyclic amines) is 1. The molecule has 2 atom stereocenters. The Labute approximate surface area is 268 Å². The lowest BCUT2D eigenvalue weighted by atomic mass is 9.93. The number of rotatable bonds is 4. The van der Waals surface area contributed by atoms with E-state index in [-0.39, 0.29) is 90.5 Å². The van der Waals surface area contributed by atoms with Gasteiger partial charge in [0.1, 0.15) is 28.8 Å². The predicted octanol–water partition coefficient (Wildman–Crippen LogP) is 4.32. The lowest BCUT2D eigenvalue weighted by molar-refractivity contribution is -0.213. The highest BCUT2D eigenvalue weighted by Crippen LogP contribution is 2.48. The van der Waals surface area contributed by atoms with Gasteiger partial charge in [0, 0.05) is 56.4 Å². The fourth-order valence-electron chi connectivity index (χ4n) is 6.65. The highest BCUT2D eigenvalue weighted by atomic mass is 35.5. The predicted molar refractivity (Wildman–Crippen MR) is 161 cm³/mol.